The van der Waals surface area contributed by atoms with Crippen LogP contribution in [0, 0.1) is 6.92 Å². The number of carbonyl (C=O) groups excluding carboxylic acids is 1. The summed E-state index contributed by atoms with van der Waals surface area (Å²) >= 11 is 1.43. The third-order valence-corrected chi connectivity index (χ3v) is 5.46. The second-order valence-corrected chi connectivity index (χ2v) is 7.46. The Balaban J connectivity index is 1.51. The Bertz CT molecular complexity index is 758. The standard InChI is InChI=1S/C19H27N5O2S/c1-3-24-18(16-6-4-5-15(2)13-16)21-22-19(24)27-14-17(25)20-7-8-23-9-11-26-12-10-23/h4-6,13H,3,7-12,14H2,1-2H3,(H,20,25). The Morgan fingerprint density at radius 2 is 2.11 bits per heavy atom. The largest absolute Gasteiger partial charge is 0.379 e. The van der Waals surface area contributed by atoms with Crippen LogP contribution in [0.2, 0.25) is 0 Å². The molecule has 1 N–H and O–H groups in total. The fourth-order valence-corrected chi connectivity index (χ4v) is 3.87. The van der Waals surface area contributed by atoms with Gasteiger partial charge in [-0.05, 0) is 19.9 Å². The normalized spacial score (nSPS) is 15.0. The molecule has 0 saturated carbocycles. The lowest BCUT2D eigenvalue weighted by Crippen LogP contribution is -2.41. The number of thioether (sulfide) groups is 1. The second-order valence-electron chi connectivity index (χ2n) is 6.51. The number of morpholine rings is 1. The van der Waals surface area contributed by atoms with Gasteiger partial charge in [0.25, 0.3) is 0 Å². The highest BCUT2D eigenvalue weighted by atomic mass is 32.2. The molecule has 0 spiro atoms. The van der Waals surface area contributed by atoms with E-state index in [0.29, 0.717) is 12.3 Å². The lowest BCUT2D eigenvalue weighted by molar-refractivity contribution is -0.118. The number of rotatable bonds is 8. The van der Waals surface area contributed by atoms with Crippen molar-refractivity contribution in [1.82, 2.24) is 25.0 Å². The molecule has 2 aromatic rings. The zero-order valence-electron chi connectivity index (χ0n) is 16.0. The fraction of sp³-hybridized carbons (Fsp3) is 0.526. The first-order valence-corrected chi connectivity index (χ1v) is 10.4. The van der Waals surface area contributed by atoms with Gasteiger partial charge < -0.3 is 14.6 Å². The average molecular weight is 390 g/mol. The predicted octanol–water partition coefficient (Wildman–Crippen LogP) is 1.81. The number of nitrogens with one attached hydrogen (secondary N) is 1. The molecule has 0 bridgehead atoms. The molecular formula is C19H27N5O2S. The minimum absolute atomic E-state index is 0.0241. The van der Waals surface area contributed by atoms with Crippen LogP contribution in [0.15, 0.2) is 29.4 Å². The molecule has 0 atom stereocenters. The van der Waals surface area contributed by atoms with E-state index < -0.39 is 0 Å². The average Bonchev–Trinajstić information content (AvgIpc) is 3.10. The van der Waals surface area contributed by atoms with Crippen LogP contribution < -0.4 is 5.32 Å². The Morgan fingerprint density at radius 3 is 2.85 bits per heavy atom. The van der Waals surface area contributed by atoms with Gasteiger partial charge in [-0.15, -0.1) is 10.2 Å². The summed E-state index contributed by atoms with van der Waals surface area (Å²) in [6.45, 7) is 9.84. The molecule has 3 rings (SSSR count). The molecule has 0 radical (unpaired) electrons. The van der Waals surface area contributed by atoms with E-state index in [4.69, 9.17) is 4.74 Å². The van der Waals surface area contributed by atoms with Crippen LogP contribution in [-0.2, 0) is 16.1 Å². The highest BCUT2D eigenvalue weighted by Crippen LogP contribution is 2.24. The molecule has 1 aliphatic heterocycles. The van der Waals surface area contributed by atoms with Gasteiger partial charge in [0, 0.05) is 38.3 Å². The predicted molar refractivity (Wildman–Crippen MR) is 107 cm³/mol. The number of nitrogens with zero attached hydrogens (tertiary/aromatic N) is 4. The maximum absolute atomic E-state index is 12.1. The second kappa shape index (κ2) is 9.87. The maximum atomic E-state index is 12.1. The lowest BCUT2D eigenvalue weighted by atomic mass is 10.1. The topological polar surface area (TPSA) is 72.3 Å². The maximum Gasteiger partial charge on any atom is 0.230 e. The minimum atomic E-state index is 0.0241. The van der Waals surface area contributed by atoms with Gasteiger partial charge in [0.1, 0.15) is 0 Å². The number of ether oxygens (including phenoxy) is 1. The Hall–Kier alpha value is -1.90. The van der Waals surface area contributed by atoms with Crippen molar-refractivity contribution in [2.75, 3.05) is 45.1 Å². The van der Waals surface area contributed by atoms with Crippen molar-refractivity contribution in [3.8, 4) is 11.4 Å². The Kier molecular flexibility index (Phi) is 7.25. The zero-order chi connectivity index (χ0) is 19.1. The van der Waals surface area contributed by atoms with E-state index in [1.54, 1.807) is 0 Å². The number of benzene rings is 1. The van der Waals surface area contributed by atoms with Crippen molar-refractivity contribution >= 4 is 17.7 Å². The molecular weight excluding hydrogens is 362 g/mol. The van der Waals surface area contributed by atoms with Crippen molar-refractivity contribution in [1.29, 1.82) is 0 Å². The van der Waals surface area contributed by atoms with E-state index >= 15 is 0 Å². The molecule has 0 aliphatic carbocycles. The van der Waals surface area contributed by atoms with Crippen molar-refractivity contribution in [2.45, 2.75) is 25.5 Å². The highest BCUT2D eigenvalue weighted by molar-refractivity contribution is 7.99. The van der Waals surface area contributed by atoms with Crippen LogP contribution >= 0.6 is 11.8 Å². The van der Waals surface area contributed by atoms with Crippen LogP contribution in [0.5, 0.6) is 0 Å². The van der Waals surface area contributed by atoms with Crippen molar-refractivity contribution in [2.24, 2.45) is 0 Å². The summed E-state index contributed by atoms with van der Waals surface area (Å²) < 4.78 is 7.39. The smallest absolute Gasteiger partial charge is 0.230 e. The summed E-state index contributed by atoms with van der Waals surface area (Å²) in [5.41, 5.74) is 2.23. The first-order valence-electron chi connectivity index (χ1n) is 9.37. The molecule has 27 heavy (non-hydrogen) atoms. The lowest BCUT2D eigenvalue weighted by Gasteiger charge is -2.26. The van der Waals surface area contributed by atoms with Gasteiger partial charge in [-0.3, -0.25) is 9.69 Å². The number of aromatic nitrogens is 3. The Labute approximate surface area is 164 Å². The van der Waals surface area contributed by atoms with E-state index in [2.05, 4.69) is 51.0 Å². The van der Waals surface area contributed by atoms with E-state index in [0.717, 1.165) is 55.9 Å². The van der Waals surface area contributed by atoms with Crippen molar-refractivity contribution < 1.29 is 9.53 Å². The summed E-state index contributed by atoms with van der Waals surface area (Å²) in [6, 6.07) is 8.22. The highest BCUT2D eigenvalue weighted by Gasteiger charge is 2.15. The molecule has 1 aromatic heterocycles. The molecule has 1 amide bonds. The third-order valence-electron chi connectivity index (χ3n) is 4.50. The first-order chi connectivity index (χ1) is 13.2. The van der Waals surface area contributed by atoms with E-state index in [1.807, 2.05) is 12.1 Å². The van der Waals surface area contributed by atoms with Gasteiger partial charge in [-0.25, -0.2) is 0 Å². The van der Waals surface area contributed by atoms with Crippen molar-refractivity contribution in [3.63, 3.8) is 0 Å². The van der Waals surface area contributed by atoms with E-state index in [9.17, 15) is 4.79 Å². The fourth-order valence-electron chi connectivity index (χ4n) is 3.04. The Morgan fingerprint density at radius 1 is 1.30 bits per heavy atom. The summed E-state index contributed by atoms with van der Waals surface area (Å²) in [6.07, 6.45) is 0. The van der Waals surface area contributed by atoms with Crippen LogP contribution in [0.3, 0.4) is 0 Å². The first kappa shape index (κ1) is 19.9. The van der Waals surface area contributed by atoms with Gasteiger partial charge in [0.15, 0.2) is 11.0 Å². The molecule has 146 valence electrons. The summed E-state index contributed by atoms with van der Waals surface area (Å²) in [5.74, 6) is 1.21. The van der Waals surface area contributed by atoms with Gasteiger partial charge >= 0.3 is 0 Å². The van der Waals surface area contributed by atoms with Gasteiger partial charge in [0.05, 0.1) is 19.0 Å². The van der Waals surface area contributed by atoms with Crippen LogP contribution in [0.4, 0.5) is 0 Å². The molecule has 0 unspecified atom stereocenters. The quantitative estimate of drug-likeness (QED) is 0.695. The summed E-state index contributed by atoms with van der Waals surface area (Å²) in [7, 11) is 0. The van der Waals surface area contributed by atoms with Crippen LogP contribution in [-0.4, -0.2) is 70.7 Å². The zero-order valence-corrected chi connectivity index (χ0v) is 16.8. The van der Waals surface area contributed by atoms with E-state index in [1.165, 1.54) is 17.3 Å². The van der Waals surface area contributed by atoms with Crippen molar-refractivity contribution in [3.05, 3.63) is 29.8 Å². The minimum Gasteiger partial charge on any atom is -0.379 e. The molecule has 1 aliphatic rings. The summed E-state index contributed by atoms with van der Waals surface area (Å²) in [4.78, 5) is 14.5. The van der Waals surface area contributed by atoms with Crippen LogP contribution in [0.25, 0.3) is 11.4 Å². The number of amides is 1. The third kappa shape index (κ3) is 5.54. The van der Waals surface area contributed by atoms with Gasteiger partial charge in [-0.2, -0.15) is 0 Å². The molecule has 1 aromatic carbocycles. The molecule has 1 fully saturated rings. The SMILES string of the molecule is CCn1c(SCC(=O)NCCN2CCOCC2)nnc1-c1cccc(C)c1. The number of aryl methyl sites for hydroxylation is 1. The molecule has 7 nitrogen and oxygen atoms in total. The van der Waals surface area contributed by atoms with Crippen LogP contribution in [0.1, 0.15) is 12.5 Å². The summed E-state index contributed by atoms with van der Waals surface area (Å²) in [5, 5.41) is 12.4. The monoisotopic (exact) mass is 389 g/mol. The van der Waals surface area contributed by atoms with Gasteiger partial charge in [-0.1, -0.05) is 35.5 Å². The molecule has 8 heteroatoms. The number of hydrogen-bond acceptors (Lipinski definition) is 6. The number of carbonyl (C=O) groups is 1. The van der Waals surface area contributed by atoms with E-state index in [-0.39, 0.29) is 5.91 Å². The van der Waals surface area contributed by atoms with Gasteiger partial charge in [0.2, 0.25) is 5.91 Å². The molecule has 1 saturated heterocycles. The molecule has 2 heterocycles. The number of hydrogen-bond donors (Lipinski definition) is 1.